The lowest BCUT2D eigenvalue weighted by molar-refractivity contribution is 0.500. The molecule has 0 bridgehead atoms. The summed E-state index contributed by atoms with van der Waals surface area (Å²) >= 11 is 0. The van der Waals surface area contributed by atoms with Crippen LogP contribution < -0.4 is 0 Å². The molecule has 0 N–H and O–H groups in total. The van der Waals surface area contributed by atoms with Gasteiger partial charge in [0.25, 0.3) is 0 Å². The monoisotopic (exact) mass is 207 g/mol. The molecule has 0 radical (unpaired) electrons. The second kappa shape index (κ2) is 3.40. The summed E-state index contributed by atoms with van der Waals surface area (Å²) < 4.78 is 2.33. The van der Waals surface area contributed by atoms with Gasteiger partial charge < -0.3 is 4.57 Å². The van der Waals surface area contributed by atoms with Gasteiger partial charge >= 0.3 is 0 Å². The number of rotatable bonds is 0. The van der Waals surface area contributed by atoms with Crippen LogP contribution in [0, 0.1) is 6.92 Å². The molecule has 15 heavy (non-hydrogen) atoms. The van der Waals surface area contributed by atoms with E-state index in [9.17, 15) is 0 Å². The summed E-state index contributed by atoms with van der Waals surface area (Å²) in [7, 11) is 2.17. The van der Waals surface area contributed by atoms with Crippen LogP contribution in [-0.2, 0) is 17.9 Å². The van der Waals surface area contributed by atoms with Gasteiger partial charge in [0.2, 0.25) is 0 Å². The van der Waals surface area contributed by atoms with Crippen LogP contribution in [0.25, 0.3) is 0 Å². The summed E-state index contributed by atoms with van der Waals surface area (Å²) in [5.74, 6) is 0. The summed E-state index contributed by atoms with van der Waals surface area (Å²) in [4.78, 5) is 0. The first kappa shape index (κ1) is 12.4. The van der Waals surface area contributed by atoms with Crippen molar-refractivity contribution < 1.29 is 0 Å². The van der Waals surface area contributed by atoms with Crippen LogP contribution in [0.3, 0.4) is 0 Å². The summed E-state index contributed by atoms with van der Waals surface area (Å²) in [5.41, 5.74) is 4.74. The van der Waals surface area contributed by atoms with Gasteiger partial charge in [0.15, 0.2) is 0 Å². The zero-order valence-electron chi connectivity index (χ0n) is 11.5. The molecule has 0 unspecified atom stereocenters. The highest BCUT2D eigenvalue weighted by Crippen LogP contribution is 2.35. The van der Waals surface area contributed by atoms with Crippen LogP contribution in [-0.4, -0.2) is 4.57 Å². The van der Waals surface area contributed by atoms with E-state index in [-0.39, 0.29) is 10.8 Å². The number of nitrogens with zero attached hydrogens (tertiary/aromatic N) is 1. The Bertz CT molecular complexity index is 356. The first-order valence-corrected chi connectivity index (χ1v) is 5.72. The Hall–Kier alpha value is -0.720. The van der Waals surface area contributed by atoms with Crippen LogP contribution in [0.4, 0.5) is 0 Å². The van der Waals surface area contributed by atoms with E-state index < -0.39 is 0 Å². The Labute approximate surface area is 94.5 Å². The lowest BCUT2D eigenvalue weighted by atomic mass is 9.79. The Kier molecular flexibility index (Phi) is 2.80. The van der Waals surface area contributed by atoms with Gasteiger partial charge in [0.05, 0.1) is 0 Å². The van der Waals surface area contributed by atoms with Crippen molar-refractivity contribution in [3.63, 3.8) is 0 Å². The van der Waals surface area contributed by atoms with Crippen LogP contribution >= 0.6 is 0 Å². The van der Waals surface area contributed by atoms with Crippen molar-refractivity contribution in [1.29, 1.82) is 0 Å². The topological polar surface area (TPSA) is 4.93 Å². The number of hydrogen-bond donors (Lipinski definition) is 0. The van der Waals surface area contributed by atoms with E-state index >= 15 is 0 Å². The minimum atomic E-state index is 0.214. The Morgan fingerprint density at radius 2 is 1.40 bits per heavy atom. The van der Waals surface area contributed by atoms with Crippen molar-refractivity contribution in [3.05, 3.63) is 23.0 Å². The molecule has 0 aliphatic heterocycles. The van der Waals surface area contributed by atoms with Crippen molar-refractivity contribution in [2.24, 2.45) is 7.05 Å². The highest BCUT2D eigenvalue weighted by molar-refractivity contribution is 5.37. The molecular formula is C14H25N. The van der Waals surface area contributed by atoms with E-state index in [1.54, 1.807) is 0 Å². The molecule has 0 spiro atoms. The maximum atomic E-state index is 2.33. The van der Waals surface area contributed by atoms with Gasteiger partial charge in [-0.3, -0.25) is 0 Å². The second-order valence-electron chi connectivity index (χ2n) is 6.61. The third-order valence-corrected chi connectivity index (χ3v) is 2.99. The standard InChI is InChI=1S/C14H25N/c1-10-9-11(13(2,3)4)12(15(10)8)14(5,6)7/h9H,1-8H3. The number of aromatic nitrogens is 1. The maximum Gasteiger partial charge on any atom is 0.0265 e. The maximum absolute atomic E-state index is 2.33. The fourth-order valence-corrected chi connectivity index (χ4v) is 2.21. The van der Waals surface area contributed by atoms with Gasteiger partial charge in [0, 0.05) is 23.9 Å². The molecule has 0 aliphatic rings. The third kappa shape index (κ3) is 2.27. The van der Waals surface area contributed by atoms with Crippen molar-refractivity contribution in [3.8, 4) is 0 Å². The van der Waals surface area contributed by atoms with Crippen molar-refractivity contribution in [2.75, 3.05) is 0 Å². The van der Waals surface area contributed by atoms with E-state index in [1.165, 1.54) is 17.0 Å². The van der Waals surface area contributed by atoms with Gasteiger partial charge in [-0.05, 0) is 24.0 Å². The molecule has 0 atom stereocenters. The second-order valence-corrected chi connectivity index (χ2v) is 6.61. The normalized spacial score (nSPS) is 13.3. The highest BCUT2D eigenvalue weighted by atomic mass is 15.0. The molecular weight excluding hydrogens is 182 g/mol. The van der Waals surface area contributed by atoms with Gasteiger partial charge in [0.1, 0.15) is 0 Å². The smallest absolute Gasteiger partial charge is 0.0265 e. The zero-order valence-corrected chi connectivity index (χ0v) is 11.5. The quantitative estimate of drug-likeness (QED) is 0.607. The average molecular weight is 207 g/mol. The largest absolute Gasteiger partial charge is 0.351 e. The van der Waals surface area contributed by atoms with E-state index in [1.807, 2.05) is 0 Å². The summed E-state index contributed by atoms with van der Waals surface area (Å²) in [5, 5.41) is 0. The van der Waals surface area contributed by atoms with Crippen LogP contribution in [0.2, 0.25) is 0 Å². The number of aryl methyl sites for hydroxylation is 1. The summed E-state index contributed by atoms with van der Waals surface area (Å²) in [6, 6.07) is 2.33. The van der Waals surface area contributed by atoms with Crippen LogP contribution in [0.1, 0.15) is 58.5 Å². The molecule has 0 fully saturated rings. The lowest BCUT2D eigenvalue weighted by Gasteiger charge is -2.28. The molecule has 1 heteroatoms. The first-order chi connectivity index (χ1) is 6.55. The molecule has 1 rings (SSSR count). The molecule has 0 saturated carbocycles. The fourth-order valence-electron chi connectivity index (χ4n) is 2.21. The molecule has 0 aromatic carbocycles. The Morgan fingerprint density at radius 1 is 0.933 bits per heavy atom. The molecule has 1 heterocycles. The first-order valence-electron chi connectivity index (χ1n) is 5.72. The van der Waals surface area contributed by atoms with Gasteiger partial charge in [-0.2, -0.15) is 0 Å². The molecule has 0 aliphatic carbocycles. The van der Waals surface area contributed by atoms with Gasteiger partial charge in [-0.25, -0.2) is 0 Å². The van der Waals surface area contributed by atoms with Crippen LogP contribution in [0.5, 0.6) is 0 Å². The molecule has 86 valence electrons. The third-order valence-electron chi connectivity index (χ3n) is 2.99. The fraction of sp³-hybridized carbons (Fsp3) is 0.714. The molecule has 0 amide bonds. The molecule has 1 aromatic rings. The summed E-state index contributed by atoms with van der Waals surface area (Å²) in [6.45, 7) is 15.9. The lowest BCUT2D eigenvalue weighted by Crippen LogP contribution is -2.23. The zero-order chi connectivity index (χ0) is 12.0. The van der Waals surface area contributed by atoms with E-state index in [4.69, 9.17) is 0 Å². The minimum absolute atomic E-state index is 0.214. The van der Waals surface area contributed by atoms with Crippen molar-refractivity contribution in [2.45, 2.75) is 59.3 Å². The van der Waals surface area contributed by atoms with E-state index in [0.717, 1.165) is 0 Å². The molecule has 1 nitrogen and oxygen atoms in total. The van der Waals surface area contributed by atoms with Crippen LogP contribution in [0.15, 0.2) is 6.07 Å². The Morgan fingerprint density at radius 3 is 1.67 bits per heavy atom. The summed E-state index contributed by atoms with van der Waals surface area (Å²) in [6.07, 6.45) is 0. The SMILES string of the molecule is Cc1cc(C(C)(C)C)c(C(C)(C)C)n1C. The van der Waals surface area contributed by atoms with Crippen molar-refractivity contribution >= 4 is 0 Å². The molecule has 1 aromatic heterocycles. The Balaban J connectivity index is 3.48. The van der Waals surface area contributed by atoms with Gasteiger partial charge in [-0.15, -0.1) is 0 Å². The van der Waals surface area contributed by atoms with E-state index in [0.29, 0.717) is 0 Å². The van der Waals surface area contributed by atoms with E-state index in [2.05, 4.69) is 66.1 Å². The predicted molar refractivity (Wildman–Crippen MR) is 67.6 cm³/mol. The van der Waals surface area contributed by atoms with Crippen molar-refractivity contribution in [1.82, 2.24) is 4.57 Å². The predicted octanol–water partition coefficient (Wildman–Crippen LogP) is 3.93. The average Bonchev–Trinajstić information content (AvgIpc) is 2.25. The number of hydrogen-bond acceptors (Lipinski definition) is 0. The van der Waals surface area contributed by atoms with Gasteiger partial charge in [-0.1, -0.05) is 41.5 Å². The highest BCUT2D eigenvalue weighted by Gasteiger charge is 2.28. The minimum Gasteiger partial charge on any atom is -0.351 e. The molecule has 0 saturated heterocycles.